The molecule has 1 heterocycles. The molecule has 0 spiro atoms. The Balaban J connectivity index is 2.58. The normalized spacial score (nSPS) is 25.9. The van der Waals surface area contributed by atoms with Gasteiger partial charge in [0.25, 0.3) is 0 Å². The van der Waals surface area contributed by atoms with E-state index >= 15 is 0 Å². The highest BCUT2D eigenvalue weighted by molar-refractivity contribution is 5.68. The van der Waals surface area contributed by atoms with Crippen LogP contribution in [0.15, 0.2) is 0 Å². The first-order valence-electron chi connectivity index (χ1n) is 5.94. The van der Waals surface area contributed by atoms with Crippen molar-refractivity contribution in [3.63, 3.8) is 0 Å². The number of nitrogens with zero attached hydrogens (tertiary/aromatic N) is 1. The second-order valence-electron chi connectivity index (χ2n) is 5.50. The van der Waals surface area contributed by atoms with Crippen LogP contribution < -0.4 is 0 Å². The van der Waals surface area contributed by atoms with Gasteiger partial charge in [-0.25, -0.2) is 4.79 Å². The lowest BCUT2D eigenvalue weighted by atomic mass is 9.96. The fraction of sp³-hybridized carbons (Fsp3) is 0.769. The van der Waals surface area contributed by atoms with Crippen LogP contribution in [0.5, 0.6) is 0 Å². The molecule has 4 nitrogen and oxygen atoms in total. The molecule has 0 bridgehead atoms. The van der Waals surface area contributed by atoms with Gasteiger partial charge in [0.2, 0.25) is 0 Å². The molecule has 1 fully saturated rings. The van der Waals surface area contributed by atoms with Crippen molar-refractivity contribution in [3.05, 3.63) is 0 Å². The molecule has 0 radical (unpaired) electrons. The summed E-state index contributed by atoms with van der Waals surface area (Å²) in [7, 11) is 0. The summed E-state index contributed by atoms with van der Waals surface area (Å²) in [6.45, 7) is 6.52. The summed E-state index contributed by atoms with van der Waals surface area (Å²) >= 11 is 0. The number of hydrogen-bond acceptors (Lipinski definition) is 3. The fourth-order valence-corrected chi connectivity index (χ4v) is 1.77. The standard InChI is InChI=1S/C13H21NO3/c1-5-13(16)7-6-9-14(10-8-13)11(15)17-12(2,3)4/h1,16H,6-10H2,2-4H3/t13-/m0/s1. The molecular weight excluding hydrogens is 218 g/mol. The molecule has 1 rings (SSSR count). The number of aliphatic hydroxyl groups is 1. The SMILES string of the molecule is C#C[C@]1(O)CCCN(C(=O)OC(C)(C)C)CC1. The van der Waals surface area contributed by atoms with Gasteiger partial charge in [0.05, 0.1) is 0 Å². The molecule has 0 aromatic rings. The minimum absolute atomic E-state index is 0.334. The van der Waals surface area contributed by atoms with E-state index in [0.29, 0.717) is 32.4 Å². The molecule has 17 heavy (non-hydrogen) atoms. The van der Waals surface area contributed by atoms with Crippen LogP contribution in [0.1, 0.15) is 40.0 Å². The van der Waals surface area contributed by atoms with Crippen LogP contribution >= 0.6 is 0 Å². The maximum Gasteiger partial charge on any atom is 0.410 e. The predicted octanol–water partition coefficient (Wildman–Crippen LogP) is 1.77. The van der Waals surface area contributed by atoms with Crippen LogP contribution in [0.2, 0.25) is 0 Å². The maximum absolute atomic E-state index is 11.8. The quantitative estimate of drug-likeness (QED) is 0.655. The zero-order valence-electron chi connectivity index (χ0n) is 10.8. The molecule has 1 saturated heterocycles. The van der Waals surface area contributed by atoms with Gasteiger partial charge in [0.15, 0.2) is 0 Å². The van der Waals surface area contributed by atoms with E-state index in [0.717, 1.165) is 0 Å². The van der Waals surface area contributed by atoms with E-state index in [1.165, 1.54) is 0 Å². The van der Waals surface area contributed by atoms with Gasteiger partial charge in [-0.2, -0.15) is 0 Å². The Morgan fingerprint density at radius 2 is 2.06 bits per heavy atom. The van der Waals surface area contributed by atoms with Gasteiger partial charge in [0, 0.05) is 19.5 Å². The summed E-state index contributed by atoms with van der Waals surface area (Å²) < 4.78 is 5.29. The van der Waals surface area contributed by atoms with E-state index < -0.39 is 11.2 Å². The van der Waals surface area contributed by atoms with E-state index in [4.69, 9.17) is 11.2 Å². The Morgan fingerprint density at radius 1 is 1.41 bits per heavy atom. The number of terminal acetylenes is 1. The first-order valence-corrected chi connectivity index (χ1v) is 5.94. The monoisotopic (exact) mass is 239 g/mol. The minimum atomic E-state index is -1.07. The van der Waals surface area contributed by atoms with Gasteiger partial charge >= 0.3 is 6.09 Å². The van der Waals surface area contributed by atoms with Crippen LogP contribution in [0.4, 0.5) is 4.79 Å². The molecule has 0 aromatic heterocycles. The first kappa shape index (κ1) is 13.9. The van der Waals surface area contributed by atoms with Crippen molar-refractivity contribution in [1.29, 1.82) is 0 Å². The largest absolute Gasteiger partial charge is 0.444 e. The summed E-state index contributed by atoms with van der Waals surface area (Å²) in [5.41, 5.74) is -1.57. The number of ether oxygens (including phenoxy) is 1. The molecule has 0 aliphatic carbocycles. The molecule has 1 amide bonds. The Bertz CT molecular complexity index is 327. The average Bonchev–Trinajstić information content (AvgIpc) is 2.39. The molecule has 0 aromatic carbocycles. The predicted molar refractivity (Wildman–Crippen MR) is 65.4 cm³/mol. The summed E-state index contributed by atoms with van der Waals surface area (Å²) in [4.78, 5) is 13.4. The van der Waals surface area contributed by atoms with Gasteiger partial charge in [-0.1, -0.05) is 5.92 Å². The Labute approximate surface area is 103 Å². The lowest BCUT2D eigenvalue weighted by Crippen LogP contribution is -2.38. The van der Waals surface area contributed by atoms with Crippen molar-refractivity contribution in [2.45, 2.75) is 51.2 Å². The molecule has 1 aliphatic rings. The zero-order chi connectivity index (χ0) is 13.1. The topological polar surface area (TPSA) is 49.8 Å². The van der Waals surface area contributed by atoms with Gasteiger partial charge in [-0.15, -0.1) is 6.42 Å². The van der Waals surface area contributed by atoms with Crippen molar-refractivity contribution < 1.29 is 14.6 Å². The Kier molecular flexibility index (Phi) is 4.05. The number of carbonyl (C=O) groups is 1. The second-order valence-corrected chi connectivity index (χ2v) is 5.50. The van der Waals surface area contributed by atoms with Crippen molar-refractivity contribution in [2.24, 2.45) is 0 Å². The molecule has 4 heteroatoms. The van der Waals surface area contributed by atoms with Gasteiger partial charge in [-0.3, -0.25) is 0 Å². The Morgan fingerprint density at radius 3 is 2.59 bits per heavy atom. The lowest BCUT2D eigenvalue weighted by molar-refractivity contribution is 0.0239. The zero-order valence-corrected chi connectivity index (χ0v) is 10.8. The summed E-state index contributed by atoms with van der Waals surface area (Å²) in [6, 6.07) is 0. The molecule has 1 aliphatic heterocycles. The third-order valence-corrected chi connectivity index (χ3v) is 2.73. The second kappa shape index (κ2) is 4.97. The van der Waals surface area contributed by atoms with Crippen LogP contribution in [-0.4, -0.2) is 40.4 Å². The fourth-order valence-electron chi connectivity index (χ4n) is 1.77. The maximum atomic E-state index is 11.8. The average molecular weight is 239 g/mol. The third-order valence-electron chi connectivity index (χ3n) is 2.73. The lowest BCUT2D eigenvalue weighted by Gasteiger charge is -2.26. The van der Waals surface area contributed by atoms with Crippen molar-refractivity contribution in [1.82, 2.24) is 4.90 Å². The van der Waals surface area contributed by atoms with Crippen LogP contribution in [0.3, 0.4) is 0 Å². The van der Waals surface area contributed by atoms with E-state index in [1.54, 1.807) is 4.90 Å². The van der Waals surface area contributed by atoms with Crippen LogP contribution in [-0.2, 0) is 4.74 Å². The molecule has 96 valence electrons. The van der Waals surface area contributed by atoms with Gasteiger partial charge in [0.1, 0.15) is 11.2 Å². The van der Waals surface area contributed by atoms with E-state index in [1.807, 2.05) is 20.8 Å². The van der Waals surface area contributed by atoms with Crippen molar-refractivity contribution in [2.75, 3.05) is 13.1 Å². The third kappa shape index (κ3) is 4.27. The summed E-state index contributed by atoms with van der Waals surface area (Å²) in [5.74, 6) is 2.40. The van der Waals surface area contributed by atoms with Crippen molar-refractivity contribution in [3.8, 4) is 12.3 Å². The van der Waals surface area contributed by atoms with E-state index in [2.05, 4.69) is 5.92 Å². The van der Waals surface area contributed by atoms with Crippen LogP contribution in [0, 0.1) is 12.3 Å². The smallest absolute Gasteiger partial charge is 0.410 e. The van der Waals surface area contributed by atoms with Gasteiger partial charge < -0.3 is 14.7 Å². The van der Waals surface area contributed by atoms with Crippen LogP contribution in [0.25, 0.3) is 0 Å². The number of hydrogen-bond donors (Lipinski definition) is 1. The first-order chi connectivity index (χ1) is 7.76. The molecular formula is C13H21NO3. The number of likely N-dealkylation sites (tertiary alicyclic amines) is 1. The van der Waals surface area contributed by atoms with Crippen molar-refractivity contribution >= 4 is 6.09 Å². The highest BCUT2D eigenvalue weighted by Crippen LogP contribution is 2.22. The Hall–Kier alpha value is -1.21. The summed E-state index contributed by atoms with van der Waals surface area (Å²) in [6.07, 6.45) is 6.59. The molecule has 1 N–H and O–H groups in total. The number of rotatable bonds is 0. The highest BCUT2D eigenvalue weighted by atomic mass is 16.6. The molecule has 0 unspecified atom stereocenters. The summed E-state index contributed by atoms with van der Waals surface area (Å²) in [5, 5.41) is 9.98. The van der Waals surface area contributed by atoms with E-state index in [-0.39, 0.29) is 6.09 Å². The highest BCUT2D eigenvalue weighted by Gasteiger charge is 2.31. The van der Waals surface area contributed by atoms with Gasteiger partial charge in [-0.05, 0) is 33.6 Å². The molecule has 0 saturated carbocycles. The molecule has 1 atom stereocenters. The minimum Gasteiger partial charge on any atom is -0.444 e. The number of amides is 1. The number of carbonyl (C=O) groups excluding carboxylic acids is 1. The van der Waals surface area contributed by atoms with E-state index in [9.17, 15) is 9.90 Å².